The van der Waals surface area contributed by atoms with Crippen LogP contribution in [-0.2, 0) is 14.6 Å². The first kappa shape index (κ1) is 16.0. The molecule has 0 unspecified atom stereocenters. The van der Waals surface area contributed by atoms with Gasteiger partial charge in [0.15, 0.2) is 0 Å². The molecule has 0 aliphatic rings. The van der Waals surface area contributed by atoms with E-state index in [2.05, 4.69) is 6.58 Å². The van der Waals surface area contributed by atoms with Crippen LogP contribution in [0, 0.1) is 6.92 Å². The van der Waals surface area contributed by atoms with Crippen molar-refractivity contribution in [2.75, 3.05) is 11.9 Å². The number of aryl methyl sites for hydroxylation is 1. The Kier molecular flexibility index (Phi) is 4.47. The second-order valence-electron chi connectivity index (χ2n) is 4.92. The molecule has 0 saturated carbocycles. The maximum Gasteiger partial charge on any atom is 0.250 e. The minimum atomic E-state index is -3.55. The van der Waals surface area contributed by atoms with Crippen LogP contribution in [0.4, 0.5) is 5.69 Å². The quantitative estimate of drug-likeness (QED) is 0.815. The van der Waals surface area contributed by atoms with Crippen molar-refractivity contribution >= 4 is 21.4 Å². The number of sulfone groups is 1. The minimum Gasteiger partial charge on any atom is -0.312 e. The van der Waals surface area contributed by atoms with Gasteiger partial charge < -0.3 is 4.90 Å². The number of rotatable bonds is 4. The van der Waals surface area contributed by atoms with E-state index in [1.165, 1.54) is 23.1 Å². The van der Waals surface area contributed by atoms with Crippen molar-refractivity contribution in [3.63, 3.8) is 0 Å². The van der Waals surface area contributed by atoms with Gasteiger partial charge in [0, 0.05) is 12.7 Å². The van der Waals surface area contributed by atoms with Crippen LogP contribution >= 0.6 is 0 Å². The molecule has 22 heavy (non-hydrogen) atoms. The van der Waals surface area contributed by atoms with Gasteiger partial charge in [0.1, 0.15) is 0 Å². The highest BCUT2D eigenvalue weighted by Gasteiger charge is 2.18. The Balaban J connectivity index is 2.38. The number of hydrogen-bond acceptors (Lipinski definition) is 3. The van der Waals surface area contributed by atoms with Crippen molar-refractivity contribution in [2.45, 2.75) is 16.7 Å². The first-order valence-electron chi connectivity index (χ1n) is 6.68. The largest absolute Gasteiger partial charge is 0.312 e. The first-order chi connectivity index (χ1) is 10.4. The summed E-state index contributed by atoms with van der Waals surface area (Å²) in [5, 5.41) is 0. The molecule has 0 aliphatic heterocycles. The Bertz CT molecular complexity index is 808. The monoisotopic (exact) mass is 315 g/mol. The summed E-state index contributed by atoms with van der Waals surface area (Å²) in [5.74, 6) is -0.255. The van der Waals surface area contributed by atoms with Crippen LogP contribution in [0.5, 0.6) is 0 Å². The molecule has 4 nitrogen and oxygen atoms in total. The van der Waals surface area contributed by atoms with Gasteiger partial charge in [-0.2, -0.15) is 0 Å². The smallest absolute Gasteiger partial charge is 0.250 e. The van der Waals surface area contributed by atoms with Gasteiger partial charge in [-0.15, -0.1) is 0 Å². The topological polar surface area (TPSA) is 54.5 Å². The molecule has 0 bridgehead atoms. The molecular formula is C17H17NO3S. The molecule has 5 heteroatoms. The van der Waals surface area contributed by atoms with Gasteiger partial charge in [0.2, 0.25) is 15.7 Å². The second-order valence-corrected chi connectivity index (χ2v) is 6.86. The van der Waals surface area contributed by atoms with Crippen molar-refractivity contribution in [3.8, 4) is 0 Å². The van der Waals surface area contributed by atoms with Crippen LogP contribution in [0.15, 0.2) is 71.0 Å². The van der Waals surface area contributed by atoms with Gasteiger partial charge in [-0.3, -0.25) is 4.79 Å². The van der Waals surface area contributed by atoms with E-state index in [0.717, 1.165) is 5.56 Å². The predicted octanol–water partition coefficient (Wildman–Crippen LogP) is 2.98. The van der Waals surface area contributed by atoms with Crippen LogP contribution in [0.25, 0.3) is 0 Å². The second kappa shape index (κ2) is 6.15. The van der Waals surface area contributed by atoms with Crippen molar-refractivity contribution in [2.24, 2.45) is 0 Å². The van der Waals surface area contributed by atoms with Crippen molar-refractivity contribution in [1.29, 1.82) is 0 Å². The Hall–Kier alpha value is -2.40. The number of anilines is 1. The molecule has 0 atom stereocenters. The van der Waals surface area contributed by atoms with Crippen molar-refractivity contribution in [1.82, 2.24) is 0 Å². The molecular weight excluding hydrogens is 298 g/mol. The van der Waals surface area contributed by atoms with Crippen LogP contribution in [0.3, 0.4) is 0 Å². The van der Waals surface area contributed by atoms with E-state index in [9.17, 15) is 13.2 Å². The highest BCUT2D eigenvalue weighted by atomic mass is 32.2. The number of amides is 1. The Labute approximate surface area is 130 Å². The Morgan fingerprint density at radius 2 is 1.73 bits per heavy atom. The summed E-state index contributed by atoms with van der Waals surface area (Å²) < 4.78 is 25.1. The lowest BCUT2D eigenvalue weighted by atomic mass is 10.2. The van der Waals surface area contributed by atoms with E-state index < -0.39 is 9.84 Å². The third-order valence-electron chi connectivity index (χ3n) is 3.34. The third-order valence-corrected chi connectivity index (χ3v) is 5.11. The highest BCUT2D eigenvalue weighted by Crippen LogP contribution is 2.24. The number of benzene rings is 2. The molecule has 0 aromatic heterocycles. The lowest BCUT2D eigenvalue weighted by molar-refractivity contribution is -0.113. The number of nitrogens with zero attached hydrogens (tertiary/aromatic N) is 1. The maximum absolute atomic E-state index is 12.6. The molecule has 0 fully saturated rings. The highest BCUT2D eigenvalue weighted by molar-refractivity contribution is 7.91. The van der Waals surface area contributed by atoms with E-state index in [-0.39, 0.29) is 15.7 Å². The number of carbonyl (C=O) groups is 1. The van der Waals surface area contributed by atoms with Crippen LogP contribution < -0.4 is 4.90 Å². The zero-order valence-corrected chi connectivity index (χ0v) is 13.3. The number of likely N-dealkylation sites (N-methyl/N-ethyl adjacent to an activating group) is 1. The van der Waals surface area contributed by atoms with Gasteiger partial charge in [-0.1, -0.05) is 18.7 Å². The molecule has 0 saturated heterocycles. The zero-order valence-electron chi connectivity index (χ0n) is 12.5. The summed E-state index contributed by atoms with van der Waals surface area (Å²) in [5.41, 5.74) is 1.49. The average molecular weight is 315 g/mol. The molecule has 2 aromatic rings. The lowest BCUT2D eigenvalue weighted by Gasteiger charge is -2.15. The fourth-order valence-electron chi connectivity index (χ4n) is 2.03. The summed E-state index contributed by atoms with van der Waals surface area (Å²) in [6.45, 7) is 5.27. The fraction of sp³-hybridized carbons (Fsp3) is 0.118. The molecule has 0 heterocycles. The SMILES string of the molecule is C=CC(=O)N(C)c1ccc(S(=O)(=O)c2cccc(C)c2)cc1. The van der Waals surface area contributed by atoms with E-state index in [1.54, 1.807) is 37.4 Å². The van der Waals surface area contributed by atoms with Crippen molar-refractivity contribution in [3.05, 3.63) is 66.7 Å². The summed E-state index contributed by atoms with van der Waals surface area (Å²) in [6.07, 6.45) is 1.21. The molecule has 2 aromatic carbocycles. The normalized spacial score (nSPS) is 11.0. The van der Waals surface area contributed by atoms with Gasteiger partial charge >= 0.3 is 0 Å². The number of carbonyl (C=O) groups excluding carboxylic acids is 1. The lowest BCUT2D eigenvalue weighted by Crippen LogP contribution is -2.23. The van der Waals surface area contributed by atoms with E-state index >= 15 is 0 Å². The van der Waals surface area contributed by atoms with E-state index in [4.69, 9.17) is 0 Å². The van der Waals surface area contributed by atoms with Crippen LogP contribution in [-0.4, -0.2) is 21.4 Å². The van der Waals surface area contributed by atoms with Gasteiger partial charge in [-0.25, -0.2) is 8.42 Å². The van der Waals surface area contributed by atoms with Gasteiger partial charge in [0.25, 0.3) is 0 Å². The fourth-order valence-corrected chi connectivity index (χ4v) is 3.40. The summed E-state index contributed by atoms with van der Waals surface area (Å²) in [4.78, 5) is 13.4. The maximum atomic E-state index is 12.6. The molecule has 2 rings (SSSR count). The summed E-state index contributed by atoms with van der Waals surface area (Å²) >= 11 is 0. The van der Waals surface area contributed by atoms with Crippen LogP contribution in [0.1, 0.15) is 5.56 Å². The summed E-state index contributed by atoms with van der Waals surface area (Å²) in [6, 6.07) is 13.0. The predicted molar refractivity (Wildman–Crippen MR) is 86.7 cm³/mol. The molecule has 0 radical (unpaired) electrons. The average Bonchev–Trinajstić information content (AvgIpc) is 2.53. The zero-order chi connectivity index (χ0) is 16.3. The minimum absolute atomic E-state index is 0.196. The van der Waals surface area contributed by atoms with E-state index in [0.29, 0.717) is 5.69 Å². The van der Waals surface area contributed by atoms with Crippen molar-refractivity contribution < 1.29 is 13.2 Å². The van der Waals surface area contributed by atoms with Crippen LogP contribution in [0.2, 0.25) is 0 Å². The number of hydrogen-bond donors (Lipinski definition) is 0. The first-order valence-corrected chi connectivity index (χ1v) is 8.16. The van der Waals surface area contributed by atoms with Gasteiger partial charge in [0.05, 0.1) is 9.79 Å². The Morgan fingerprint density at radius 1 is 1.09 bits per heavy atom. The third kappa shape index (κ3) is 3.09. The molecule has 0 spiro atoms. The Morgan fingerprint density at radius 3 is 2.27 bits per heavy atom. The standard InChI is InChI=1S/C17H17NO3S/c1-4-17(19)18(3)14-8-10-15(11-9-14)22(20,21)16-7-5-6-13(2)12-16/h4-12H,1H2,2-3H3. The molecule has 0 N–H and O–H groups in total. The molecule has 0 aliphatic carbocycles. The molecule has 114 valence electrons. The van der Waals surface area contributed by atoms with E-state index in [1.807, 2.05) is 13.0 Å². The summed E-state index contributed by atoms with van der Waals surface area (Å²) in [7, 11) is -1.95. The van der Waals surface area contributed by atoms with Gasteiger partial charge in [-0.05, 0) is 55.0 Å². The molecule has 1 amide bonds.